The lowest BCUT2D eigenvalue weighted by Crippen LogP contribution is -2.15. The maximum Gasteiger partial charge on any atom is 0.226 e. The van der Waals surface area contributed by atoms with Gasteiger partial charge in [0.1, 0.15) is 0 Å². The summed E-state index contributed by atoms with van der Waals surface area (Å²) in [4.78, 5) is 12.4. The average Bonchev–Trinajstić information content (AvgIpc) is 3.31. The lowest BCUT2D eigenvalue weighted by atomic mass is 10.1. The van der Waals surface area contributed by atoms with Crippen molar-refractivity contribution in [1.29, 1.82) is 0 Å². The smallest absolute Gasteiger partial charge is 0.226 e. The summed E-state index contributed by atoms with van der Waals surface area (Å²) in [6.07, 6.45) is 2.92. The molecule has 7 heteroatoms. The van der Waals surface area contributed by atoms with E-state index in [1.807, 2.05) is 42.6 Å². The predicted octanol–water partition coefficient (Wildman–Crippen LogP) is 2.77. The van der Waals surface area contributed by atoms with Crippen molar-refractivity contribution in [2.75, 3.05) is 5.32 Å². The second-order valence-corrected chi connectivity index (χ2v) is 6.03. The number of anilines is 1. The molecule has 0 bridgehead atoms. The van der Waals surface area contributed by atoms with Gasteiger partial charge in [0, 0.05) is 36.8 Å². The highest BCUT2D eigenvalue weighted by Gasteiger charge is 2.10. The van der Waals surface area contributed by atoms with E-state index in [0.717, 1.165) is 16.8 Å². The van der Waals surface area contributed by atoms with Crippen molar-refractivity contribution in [2.45, 2.75) is 19.4 Å². The monoisotopic (exact) mass is 346 g/mol. The van der Waals surface area contributed by atoms with Crippen molar-refractivity contribution >= 4 is 22.5 Å². The highest BCUT2D eigenvalue weighted by atomic mass is 16.1. The van der Waals surface area contributed by atoms with Crippen molar-refractivity contribution in [2.24, 2.45) is 0 Å². The molecule has 0 aliphatic carbocycles. The van der Waals surface area contributed by atoms with E-state index in [2.05, 4.69) is 48.7 Å². The van der Waals surface area contributed by atoms with E-state index in [1.165, 1.54) is 5.39 Å². The summed E-state index contributed by atoms with van der Waals surface area (Å²) in [5.41, 5.74) is 2.87. The van der Waals surface area contributed by atoms with E-state index >= 15 is 0 Å². The van der Waals surface area contributed by atoms with Gasteiger partial charge in [0.15, 0.2) is 5.82 Å². The minimum absolute atomic E-state index is 0.0247. The number of hydrogen-bond donors (Lipinski definition) is 2. The number of tetrazole rings is 1. The Morgan fingerprint density at radius 1 is 1.08 bits per heavy atom. The molecule has 0 aliphatic rings. The molecule has 0 atom stereocenters. The second-order valence-electron chi connectivity index (χ2n) is 6.03. The van der Waals surface area contributed by atoms with Crippen molar-refractivity contribution in [1.82, 2.24) is 25.2 Å². The normalized spacial score (nSPS) is 10.9. The van der Waals surface area contributed by atoms with Crippen LogP contribution in [0.15, 0.2) is 60.8 Å². The van der Waals surface area contributed by atoms with Crippen LogP contribution in [-0.2, 0) is 17.8 Å². The van der Waals surface area contributed by atoms with Crippen LogP contribution in [0.4, 0.5) is 5.69 Å². The summed E-state index contributed by atoms with van der Waals surface area (Å²) in [5.74, 6) is 0.564. The first kappa shape index (κ1) is 16.0. The van der Waals surface area contributed by atoms with Crippen LogP contribution >= 0.6 is 0 Å². The molecule has 2 aromatic heterocycles. The van der Waals surface area contributed by atoms with Crippen molar-refractivity contribution in [3.8, 4) is 0 Å². The minimum atomic E-state index is -0.0247. The third-order valence-electron chi connectivity index (χ3n) is 4.29. The number of para-hydroxylation sites is 2. The largest absolute Gasteiger partial charge is 0.347 e. The van der Waals surface area contributed by atoms with Gasteiger partial charge >= 0.3 is 0 Å². The molecule has 26 heavy (non-hydrogen) atoms. The third-order valence-corrected chi connectivity index (χ3v) is 4.29. The zero-order valence-corrected chi connectivity index (χ0v) is 14.1. The Bertz CT molecular complexity index is 1020. The lowest BCUT2D eigenvalue weighted by molar-refractivity contribution is -0.116. The summed E-state index contributed by atoms with van der Waals surface area (Å²) in [6, 6.07) is 17.9. The van der Waals surface area contributed by atoms with E-state index in [1.54, 1.807) is 0 Å². The van der Waals surface area contributed by atoms with Crippen LogP contribution in [0, 0.1) is 0 Å². The van der Waals surface area contributed by atoms with Gasteiger partial charge in [-0.25, -0.2) is 0 Å². The van der Waals surface area contributed by atoms with Crippen LogP contribution < -0.4 is 5.32 Å². The van der Waals surface area contributed by atoms with Gasteiger partial charge < -0.3 is 9.88 Å². The Balaban J connectivity index is 1.42. The predicted molar refractivity (Wildman–Crippen MR) is 98.6 cm³/mol. The Hall–Kier alpha value is -3.48. The standard InChI is InChI=1S/C19H18N6O/c26-19(10-12-25-11-9-14-5-2-4-8-17(14)25)20-16-7-3-1-6-15(16)13-18-21-23-24-22-18/h1-9,11H,10,12-13H2,(H,20,26)(H,21,22,23,24). The third kappa shape index (κ3) is 3.46. The summed E-state index contributed by atoms with van der Waals surface area (Å²) in [6.45, 7) is 0.631. The number of H-pyrrole nitrogens is 1. The number of nitrogens with zero attached hydrogens (tertiary/aromatic N) is 4. The maximum atomic E-state index is 12.4. The van der Waals surface area contributed by atoms with E-state index in [0.29, 0.717) is 25.2 Å². The number of hydrogen-bond acceptors (Lipinski definition) is 4. The zero-order valence-electron chi connectivity index (χ0n) is 14.1. The number of aromatic nitrogens is 5. The Morgan fingerprint density at radius 2 is 1.92 bits per heavy atom. The number of carbonyl (C=O) groups excluding carboxylic acids is 1. The summed E-state index contributed by atoms with van der Waals surface area (Å²) < 4.78 is 2.10. The highest BCUT2D eigenvalue weighted by molar-refractivity contribution is 5.91. The zero-order chi connectivity index (χ0) is 17.8. The number of aryl methyl sites for hydroxylation is 1. The molecule has 2 N–H and O–H groups in total. The van der Waals surface area contributed by atoms with Gasteiger partial charge in [0.05, 0.1) is 0 Å². The second kappa shape index (κ2) is 7.18. The topological polar surface area (TPSA) is 88.5 Å². The quantitative estimate of drug-likeness (QED) is 0.562. The van der Waals surface area contributed by atoms with E-state index in [4.69, 9.17) is 0 Å². The number of aromatic amines is 1. The molecule has 2 aromatic carbocycles. The van der Waals surface area contributed by atoms with Crippen molar-refractivity contribution in [3.63, 3.8) is 0 Å². The van der Waals surface area contributed by atoms with Crippen LogP contribution in [0.5, 0.6) is 0 Å². The van der Waals surface area contributed by atoms with Gasteiger partial charge in [-0.1, -0.05) is 41.6 Å². The first-order chi connectivity index (χ1) is 12.8. The van der Waals surface area contributed by atoms with Crippen LogP contribution in [0.2, 0.25) is 0 Å². The number of carbonyl (C=O) groups is 1. The molecule has 7 nitrogen and oxygen atoms in total. The van der Waals surface area contributed by atoms with Crippen molar-refractivity contribution < 1.29 is 4.79 Å². The van der Waals surface area contributed by atoms with E-state index in [9.17, 15) is 4.79 Å². The van der Waals surface area contributed by atoms with Gasteiger partial charge in [-0.15, -0.1) is 10.2 Å². The number of nitrogens with one attached hydrogen (secondary N) is 2. The molecule has 130 valence electrons. The lowest BCUT2D eigenvalue weighted by Gasteiger charge is -2.10. The Labute approximate surface area is 150 Å². The fourth-order valence-corrected chi connectivity index (χ4v) is 2.99. The summed E-state index contributed by atoms with van der Waals surface area (Å²) in [5, 5.41) is 18.1. The van der Waals surface area contributed by atoms with Crippen LogP contribution in [0.3, 0.4) is 0 Å². The number of fused-ring (bicyclic) bond motifs is 1. The average molecular weight is 346 g/mol. The summed E-state index contributed by atoms with van der Waals surface area (Å²) >= 11 is 0. The van der Waals surface area contributed by atoms with Gasteiger partial charge in [-0.3, -0.25) is 4.79 Å². The fourth-order valence-electron chi connectivity index (χ4n) is 2.99. The van der Waals surface area contributed by atoms with E-state index in [-0.39, 0.29) is 5.91 Å². The Morgan fingerprint density at radius 3 is 2.81 bits per heavy atom. The molecule has 0 fully saturated rings. The molecular formula is C19H18N6O. The minimum Gasteiger partial charge on any atom is -0.347 e. The van der Waals surface area contributed by atoms with Gasteiger partial charge in [0.2, 0.25) is 5.91 Å². The van der Waals surface area contributed by atoms with Crippen LogP contribution in [0.25, 0.3) is 10.9 Å². The van der Waals surface area contributed by atoms with Gasteiger partial charge in [-0.2, -0.15) is 5.21 Å². The summed E-state index contributed by atoms with van der Waals surface area (Å²) in [7, 11) is 0. The maximum absolute atomic E-state index is 12.4. The molecule has 0 radical (unpaired) electrons. The molecule has 4 aromatic rings. The molecule has 0 unspecified atom stereocenters. The number of rotatable bonds is 6. The number of amides is 1. The first-order valence-electron chi connectivity index (χ1n) is 8.43. The number of benzene rings is 2. The molecule has 0 aliphatic heterocycles. The molecular weight excluding hydrogens is 328 g/mol. The first-order valence-corrected chi connectivity index (χ1v) is 8.43. The Kier molecular flexibility index (Phi) is 4.42. The van der Waals surface area contributed by atoms with Crippen molar-refractivity contribution in [3.05, 3.63) is 72.2 Å². The highest BCUT2D eigenvalue weighted by Crippen LogP contribution is 2.19. The van der Waals surface area contributed by atoms with Gasteiger partial charge in [0.25, 0.3) is 0 Å². The molecule has 1 amide bonds. The molecule has 2 heterocycles. The molecule has 0 saturated heterocycles. The van der Waals surface area contributed by atoms with Crippen LogP contribution in [-0.4, -0.2) is 31.1 Å². The van der Waals surface area contributed by atoms with Gasteiger partial charge in [-0.05, 0) is 29.1 Å². The molecule has 0 spiro atoms. The van der Waals surface area contributed by atoms with Crippen LogP contribution in [0.1, 0.15) is 17.8 Å². The van der Waals surface area contributed by atoms with E-state index < -0.39 is 0 Å². The SMILES string of the molecule is O=C(CCn1ccc2ccccc21)Nc1ccccc1Cc1nn[nH]n1. The molecule has 4 rings (SSSR count). The molecule has 0 saturated carbocycles. The fraction of sp³-hybridized carbons (Fsp3) is 0.158.